The van der Waals surface area contributed by atoms with Crippen LogP contribution in [-0.2, 0) is 0 Å². The number of aromatic nitrogens is 1. The molecule has 0 bridgehead atoms. The lowest BCUT2D eigenvalue weighted by Crippen LogP contribution is -2.08. The maximum absolute atomic E-state index is 6.04. The van der Waals surface area contributed by atoms with Crippen molar-refractivity contribution in [3.63, 3.8) is 0 Å². The third-order valence-corrected chi connectivity index (χ3v) is 2.87. The van der Waals surface area contributed by atoms with E-state index in [9.17, 15) is 0 Å². The number of nitrogen functional groups attached to an aromatic ring is 1. The molecule has 3 nitrogen and oxygen atoms in total. The van der Waals surface area contributed by atoms with E-state index in [0.29, 0.717) is 0 Å². The van der Waals surface area contributed by atoms with Crippen molar-refractivity contribution >= 4 is 11.4 Å². The smallest absolute Gasteiger partial charge is 0.0933 e. The average molecular weight is 227 g/mol. The third-order valence-electron chi connectivity index (χ3n) is 2.87. The molecule has 0 aliphatic rings. The van der Waals surface area contributed by atoms with Crippen molar-refractivity contribution in [2.45, 2.75) is 6.92 Å². The summed E-state index contributed by atoms with van der Waals surface area (Å²) < 4.78 is 0. The quantitative estimate of drug-likeness (QED) is 0.857. The van der Waals surface area contributed by atoms with E-state index in [2.05, 4.69) is 22.0 Å². The minimum atomic E-state index is 0.755. The summed E-state index contributed by atoms with van der Waals surface area (Å²) in [7, 11) is 4.04. The maximum atomic E-state index is 6.04. The molecule has 17 heavy (non-hydrogen) atoms. The Bertz CT molecular complexity index is 515. The Kier molecular flexibility index (Phi) is 3.00. The van der Waals surface area contributed by atoms with Gasteiger partial charge < -0.3 is 10.6 Å². The van der Waals surface area contributed by atoms with Crippen molar-refractivity contribution in [1.82, 2.24) is 4.98 Å². The maximum Gasteiger partial charge on any atom is 0.0933 e. The number of hydrogen-bond acceptors (Lipinski definition) is 3. The number of rotatable bonds is 2. The average Bonchev–Trinajstić information content (AvgIpc) is 2.33. The first-order valence-corrected chi connectivity index (χ1v) is 5.58. The van der Waals surface area contributed by atoms with Crippen LogP contribution in [0, 0.1) is 6.92 Å². The van der Waals surface area contributed by atoms with Gasteiger partial charge >= 0.3 is 0 Å². The Balaban J connectivity index is 2.43. The summed E-state index contributed by atoms with van der Waals surface area (Å²) >= 11 is 0. The molecule has 0 saturated heterocycles. The van der Waals surface area contributed by atoms with Gasteiger partial charge in [-0.3, -0.25) is 4.98 Å². The van der Waals surface area contributed by atoms with Crippen LogP contribution in [0.25, 0.3) is 11.3 Å². The van der Waals surface area contributed by atoms with Gasteiger partial charge in [-0.05, 0) is 30.7 Å². The van der Waals surface area contributed by atoms with Crippen LogP contribution in [0.1, 0.15) is 5.56 Å². The van der Waals surface area contributed by atoms with E-state index in [1.165, 1.54) is 5.69 Å². The van der Waals surface area contributed by atoms with Gasteiger partial charge in [0.05, 0.1) is 11.4 Å². The third kappa shape index (κ3) is 2.23. The van der Waals surface area contributed by atoms with E-state index in [1.807, 2.05) is 39.2 Å². The summed E-state index contributed by atoms with van der Waals surface area (Å²) in [4.78, 5) is 6.41. The summed E-state index contributed by atoms with van der Waals surface area (Å²) in [6, 6.07) is 10.2. The molecule has 0 aliphatic heterocycles. The Hall–Kier alpha value is -2.03. The lowest BCUT2D eigenvalue weighted by molar-refractivity contribution is 1.13. The normalized spacial score (nSPS) is 10.3. The molecule has 0 amide bonds. The zero-order valence-corrected chi connectivity index (χ0v) is 10.4. The lowest BCUT2D eigenvalue weighted by Gasteiger charge is -2.13. The first-order valence-electron chi connectivity index (χ1n) is 5.58. The van der Waals surface area contributed by atoms with E-state index in [-0.39, 0.29) is 0 Å². The molecule has 1 heterocycles. The minimum Gasteiger partial charge on any atom is -0.397 e. The largest absolute Gasteiger partial charge is 0.397 e. The van der Waals surface area contributed by atoms with Crippen LogP contribution < -0.4 is 10.6 Å². The number of anilines is 2. The van der Waals surface area contributed by atoms with Gasteiger partial charge in [-0.15, -0.1) is 0 Å². The molecule has 0 atom stereocenters. The van der Waals surface area contributed by atoms with Crippen molar-refractivity contribution < 1.29 is 0 Å². The Morgan fingerprint density at radius 3 is 2.29 bits per heavy atom. The number of pyridine rings is 1. The highest BCUT2D eigenvalue weighted by molar-refractivity contribution is 5.75. The monoisotopic (exact) mass is 227 g/mol. The molecule has 0 saturated carbocycles. The number of benzene rings is 1. The van der Waals surface area contributed by atoms with Gasteiger partial charge in [-0.1, -0.05) is 12.1 Å². The second kappa shape index (κ2) is 4.45. The van der Waals surface area contributed by atoms with Crippen molar-refractivity contribution in [2.75, 3.05) is 24.7 Å². The van der Waals surface area contributed by atoms with E-state index in [0.717, 1.165) is 22.5 Å². The van der Waals surface area contributed by atoms with Crippen LogP contribution in [0.5, 0.6) is 0 Å². The predicted octanol–water partition coefficient (Wildman–Crippen LogP) is 2.71. The van der Waals surface area contributed by atoms with Gasteiger partial charge in [0.25, 0.3) is 0 Å². The topological polar surface area (TPSA) is 42.2 Å². The van der Waals surface area contributed by atoms with Gasteiger partial charge in [0.15, 0.2) is 0 Å². The van der Waals surface area contributed by atoms with Crippen LogP contribution in [0.3, 0.4) is 0 Å². The summed E-state index contributed by atoms with van der Waals surface area (Å²) in [5.41, 5.74) is 10.9. The fourth-order valence-electron chi connectivity index (χ4n) is 1.72. The highest BCUT2D eigenvalue weighted by Gasteiger charge is 2.06. The van der Waals surface area contributed by atoms with E-state index < -0.39 is 0 Å². The van der Waals surface area contributed by atoms with Gasteiger partial charge in [0.1, 0.15) is 0 Å². The molecule has 2 rings (SSSR count). The summed E-state index contributed by atoms with van der Waals surface area (Å²) in [5.74, 6) is 0. The van der Waals surface area contributed by atoms with Crippen LogP contribution in [-0.4, -0.2) is 19.1 Å². The molecule has 1 aromatic heterocycles. The second-order valence-electron chi connectivity index (χ2n) is 4.33. The standard InChI is InChI=1S/C14H17N3/c1-10-8-9-16-14(13(10)15)11-4-6-12(7-5-11)17(2)3/h4-9H,15H2,1-3H3. The molecule has 2 N–H and O–H groups in total. The van der Waals surface area contributed by atoms with Crippen LogP contribution in [0.4, 0.5) is 11.4 Å². The first-order chi connectivity index (χ1) is 8.09. The molecule has 0 radical (unpaired) electrons. The second-order valence-corrected chi connectivity index (χ2v) is 4.33. The van der Waals surface area contributed by atoms with E-state index >= 15 is 0 Å². The fourth-order valence-corrected chi connectivity index (χ4v) is 1.72. The van der Waals surface area contributed by atoms with E-state index in [1.54, 1.807) is 6.20 Å². The molecule has 0 fully saturated rings. The molecule has 0 spiro atoms. The van der Waals surface area contributed by atoms with Crippen LogP contribution in [0.15, 0.2) is 36.5 Å². The van der Waals surface area contributed by atoms with Crippen LogP contribution in [0.2, 0.25) is 0 Å². The molecule has 0 unspecified atom stereocenters. The molecular weight excluding hydrogens is 210 g/mol. The molecule has 88 valence electrons. The van der Waals surface area contributed by atoms with Crippen LogP contribution >= 0.6 is 0 Å². The number of nitrogens with zero attached hydrogens (tertiary/aromatic N) is 2. The fraction of sp³-hybridized carbons (Fsp3) is 0.214. The summed E-state index contributed by atoms with van der Waals surface area (Å²) in [6.45, 7) is 1.99. The van der Waals surface area contributed by atoms with Crippen molar-refractivity contribution in [1.29, 1.82) is 0 Å². The molecule has 0 aliphatic carbocycles. The Morgan fingerprint density at radius 1 is 1.06 bits per heavy atom. The molecule has 1 aromatic carbocycles. The number of aryl methyl sites for hydroxylation is 1. The van der Waals surface area contributed by atoms with Gasteiger partial charge in [-0.25, -0.2) is 0 Å². The SMILES string of the molecule is Cc1ccnc(-c2ccc(N(C)C)cc2)c1N. The van der Waals surface area contributed by atoms with Crippen molar-refractivity contribution in [3.05, 3.63) is 42.1 Å². The first kappa shape index (κ1) is 11.5. The zero-order chi connectivity index (χ0) is 12.4. The lowest BCUT2D eigenvalue weighted by atomic mass is 10.1. The summed E-state index contributed by atoms with van der Waals surface area (Å²) in [5, 5.41) is 0. The van der Waals surface area contributed by atoms with Crippen molar-refractivity contribution in [3.8, 4) is 11.3 Å². The molecule has 3 heteroatoms. The van der Waals surface area contributed by atoms with Gasteiger partial charge in [0.2, 0.25) is 0 Å². The highest BCUT2D eigenvalue weighted by Crippen LogP contribution is 2.27. The van der Waals surface area contributed by atoms with Gasteiger partial charge in [0, 0.05) is 31.5 Å². The molecule has 2 aromatic rings. The highest BCUT2D eigenvalue weighted by atomic mass is 15.1. The zero-order valence-electron chi connectivity index (χ0n) is 10.4. The Morgan fingerprint density at radius 2 is 1.71 bits per heavy atom. The predicted molar refractivity (Wildman–Crippen MR) is 73.1 cm³/mol. The summed E-state index contributed by atoms with van der Waals surface area (Å²) in [6.07, 6.45) is 1.79. The minimum absolute atomic E-state index is 0.755. The van der Waals surface area contributed by atoms with E-state index in [4.69, 9.17) is 5.73 Å². The Labute approximate surface area is 102 Å². The number of hydrogen-bond donors (Lipinski definition) is 1. The van der Waals surface area contributed by atoms with Gasteiger partial charge in [-0.2, -0.15) is 0 Å². The number of nitrogens with two attached hydrogens (primary N) is 1. The molecular formula is C14H17N3. The van der Waals surface area contributed by atoms with Crippen molar-refractivity contribution in [2.24, 2.45) is 0 Å².